The van der Waals surface area contributed by atoms with Gasteiger partial charge in [0.25, 0.3) is 0 Å². The number of carbonyl (C=O) groups is 1. The number of benzene rings is 1. The Morgan fingerprint density at radius 3 is 2.96 bits per heavy atom. The molecule has 7 heteroatoms. The van der Waals surface area contributed by atoms with E-state index in [9.17, 15) is 4.79 Å². The molecule has 1 spiro atoms. The predicted molar refractivity (Wildman–Crippen MR) is 92.6 cm³/mol. The Balaban J connectivity index is 1.46. The first-order chi connectivity index (χ1) is 11.7. The van der Waals surface area contributed by atoms with E-state index in [2.05, 4.69) is 25.8 Å². The molecule has 0 bridgehead atoms. The molecule has 0 saturated carbocycles. The van der Waals surface area contributed by atoms with Gasteiger partial charge in [0.1, 0.15) is 11.0 Å². The third-order valence-corrected chi connectivity index (χ3v) is 5.91. The van der Waals surface area contributed by atoms with Crippen LogP contribution in [0.15, 0.2) is 18.2 Å². The fourth-order valence-electron chi connectivity index (χ4n) is 4.14. The Hall–Kier alpha value is -1.57. The second kappa shape index (κ2) is 6.38. The van der Waals surface area contributed by atoms with Gasteiger partial charge in [-0.25, -0.2) is 0 Å². The number of aliphatic hydroxyl groups is 1. The van der Waals surface area contributed by atoms with Gasteiger partial charge in [-0.1, -0.05) is 6.07 Å². The number of amides is 1. The summed E-state index contributed by atoms with van der Waals surface area (Å²) in [6, 6.07) is 6.23. The van der Waals surface area contributed by atoms with Gasteiger partial charge in [-0.05, 0) is 43.5 Å². The molecule has 1 aromatic heterocycles. The molecule has 2 fully saturated rings. The molecule has 2 saturated heterocycles. The number of likely N-dealkylation sites (tertiary alicyclic amines) is 2. The van der Waals surface area contributed by atoms with E-state index in [1.54, 1.807) is 0 Å². The molecule has 128 valence electrons. The van der Waals surface area contributed by atoms with Crippen molar-refractivity contribution in [1.82, 2.24) is 18.5 Å². The molecule has 6 nitrogen and oxygen atoms in total. The van der Waals surface area contributed by atoms with Crippen LogP contribution in [0.5, 0.6) is 0 Å². The lowest BCUT2D eigenvalue weighted by Crippen LogP contribution is -2.50. The minimum atomic E-state index is -0.236. The first-order valence-corrected chi connectivity index (χ1v) is 9.27. The number of rotatable bonds is 4. The summed E-state index contributed by atoms with van der Waals surface area (Å²) in [5.74, 6) is 0.240. The van der Waals surface area contributed by atoms with Gasteiger partial charge < -0.3 is 10.0 Å². The highest BCUT2D eigenvalue weighted by molar-refractivity contribution is 7.00. The van der Waals surface area contributed by atoms with Crippen LogP contribution < -0.4 is 0 Å². The molecule has 24 heavy (non-hydrogen) atoms. The van der Waals surface area contributed by atoms with Crippen molar-refractivity contribution in [2.45, 2.75) is 25.8 Å². The summed E-state index contributed by atoms with van der Waals surface area (Å²) in [7, 11) is 0. The summed E-state index contributed by atoms with van der Waals surface area (Å²) in [6.45, 7) is 3.92. The van der Waals surface area contributed by atoms with Crippen LogP contribution in [-0.4, -0.2) is 62.3 Å². The number of nitrogens with zero attached hydrogens (tertiary/aromatic N) is 4. The van der Waals surface area contributed by atoms with E-state index in [4.69, 9.17) is 5.11 Å². The van der Waals surface area contributed by atoms with E-state index < -0.39 is 0 Å². The topological polar surface area (TPSA) is 69.6 Å². The quantitative estimate of drug-likeness (QED) is 0.908. The van der Waals surface area contributed by atoms with Crippen molar-refractivity contribution in [3.8, 4) is 0 Å². The maximum atomic E-state index is 12.8. The molecule has 1 amide bonds. The van der Waals surface area contributed by atoms with E-state index in [1.165, 1.54) is 17.3 Å². The van der Waals surface area contributed by atoms with Gasteiger partial charge in [0.2, 0.25) is 5.91 Å². The van der Waals surface area contributed by atoms with Crippen molar-refractivity contribution < 1.29 is 9.90 Å². The molecule has 2 aromatic rings. The van der Waals surface area contributed by atoms with Crippen LogP contribution >= 0.6 is 11.7 Å². The first-order valence-electron chi connectivity index (χ1n) is 8.54. The lowest BCUT2D eigenvalue weighted by Gasteiger charge is -2.39. The Labute approximate surface area is 145 Å². The fraction of sp³-hybridized carbons (Fsp3) is 0.588. The monoisotopic (exact) mass is 346 g/mol. The van der Waals surface area contributed by atoms with E-state index in [-0.39, 0.29) is 17.9 Å². The number of piperidine rings is 1. The SMILES string of the molecule is O=C1N(CCO)CCC[C@]12CCN(Cc1ccc3nsnc3c1)C2. The zero-order valence-electron chi connectivity index (χ0n) is 13.6. The van der Waals surface area contributed by atoms with Crippen molar-refractivity contribution >= 4 is 28.7 Å². The van der Waals surface area contributed by atoms with Crippen LogP contribution in [0.3, 0.4) is 0 Å². The molecule has 2 aliphatic heterocycles. The Kier molecular flexibility index (Phi) is 4.24. The zero-order valence-corrected chi connectivity index (χ0v) is 14.5. The highest BCUT2D eigenvalue weighted by Gasteiger charge is 2.47. The van der Waals surface area contributed by atoms with Crippen LogP contribution in [-0.2, 0) is 11.3 Å². The fourth-order valence-corrected chi connectivity index (χ4v) is 4.66. The van der Waals surface area contributed by atoms with E-state index in [0.29, 0.717) is 6.54 Å². The lowest BCUT2D eigenvalue weighted by atomic mass is 9.78. The molecular formula is C17H22N4O2S. The third-order valence-electron chi connectivity index (χ3n) is 5.35. The molecule has 0 radical (unpaired) electrons. The highest BCUT2D eigenvalue weighted by atomic mass is 32.1. The normalized spacial score (nSPS) is 25.2. The molecule has 1 N–H and O–H groups in total. The van der Waals surface area contributed by atoms with Gasteiger partial charge >= 0.3 is 0 Å². The second-order valence-electron chi connectivity index (χ2n) is 6.95. The van der Waals surface area contributed by atoms with E-state index in [0.717, 1.165) is 56.5 Å². The van der Waals surface area contributed by atoms with Gasteiger partial charge in [-0.15, -0.1) is 0 Å². The van der Waals surface area contributed by atoms with Crippen molar-refractivity contribution in [1.29, 1.82) is 0 Å². The Bertz CT molecular complexity index is 747. The smallest absolute Gasteiger partial charge is 0.230 e. The van der Waals surface area contributed by atoms with Gasteiger partial charge in [0.05, 0.1) is 23.8 Å². The van der Waals surface area contributed by atoms with Crippen LogP contribution in [0.1, 0.15) is 24.8 Å². The molecule has 0 aliphatic carbocycles. The Morgan fingerprint density at radius 1 is 1.21 bits per heavy atom. The van der Waals surface area contributed by atoms with Gasteiger partial charge in [-0.2, -0.15) is 8.75 Å². The number of hydrogen-bond acceptors (Lipinski definition) is 6. The molecule has 1 aromatic carbocycles. The summed E-state index contributed by atoms with van der Waals surface area (Å²) in [6.07, 6.45) is 2.93. The number of fused-ring (bicyclic) bond motifs is 1. The summed E-state index contributed by atoms with van der Waals surface area (Å²) < 4.78 is 8.55. The number of aromatic nitrogens is 2. The molecule has 3 heterocycles. The third kappa shape index (κ3) is 2.81. The second-order valence-corrected chi connectivity index (χ2v) is 7.48. The Morgan fingerprint density at radius 2 is 2.08 bits per heavy atom. The maximum absolute atomic E-state index is 12.8. The molecule has 2 aliphatic rings. The van der Waals surface area contributed by atoms with Gasteiger partial charge in [0.15, 0.2) is 0 Å². The summed E-state index contributed by atoms with van der Waals surface area (Å²) in [5, 5.41) is 9.17. The maximum Gasteiger partial charge on any atom is 0.230 e. The van der Waals surface area contributed by atoms with Crippen molar-refractivity contribution in [3.05, 3.63) is 23.8 Å². The van der Waals surface area contributed by atoms with Crippen molar-refractivity contribution in [3.63, 3.8) is 0 Å². The number of aliphatic hydroxyl groups excluding tert-OH is 1. The number of carbonyl (C=O) groups excluding carboxylic acids is 1. The highest BCUT2D eigenvalue weighted by Crippen LogP contribution is 2.40. The van der Waals surface area contributed by atoms with Crippen LogP contribution in [0.4, 0.5) is 0 Å². The zero-order chi connectivity index (χ0) is 16.6. The first kappa shape index (κ1) is 15.9. The van der Waals surface area contributed by atoms with Gasteiger partial charge in [0, 0.05) is 26.2 Å². The largest absolute Gasteiger partial charge is 0.395 e. The minimum absolute atomic E-state index is 0.0488. The molecule has 1 atom stereocenters. The van der Waals surface area contributed by atoms with Crippen LogP contribution in [0.25, 0.3) is 11.0 Å². The van der Waals surface area contributed by atoms with Crippen molar-refractivity contribution in [2.24, 2.45) is 5.41 Å². The average molecular weight is 346 g/mol. The standard InChI is InChI=1S/C17H22N4O2S/c22-9-8-21-6-1-4-17(16(21)23)5-7-20(12-17)11-13-2-3-14-15(10-13)19-24-18-14/h2-3,10,22H,1,4-9,11-12H2/t17-/m1/s1. The molecular weight excluding hydrogens is 324 g/mol. The molecule has 4 rings (SSSR count). The molecule has 0 unspecified atom stereocenters. The van der Waals surface area contributed by atoms with E-state index >= 15 is 0 Å². The summed E-state index contributed by atoms with van der Waals surface area (Å²) in [5.41, 5.74) is 2.89. The average Bonchev–Trinajstić information content (AvgIpc) is 3.20. The summed E-state index contributed by atoms with van der Waals surface area (Å²) >= 11 is 1.24. The van der Waals surface area contributed by atoms with Gasteiger partial charge in [-0.3, -0.25) is 9.69 Å². The van der Waals surface area contributed by atoms with Crippen LogP contribution in [0.2, 0.25) is 0 Å². The predicted octanol–water partition coefficient (Wildman–Crippen LogP) is 1.50. The number of β-amino-alcohol motifs (C(OH)–C–C–N with tert-alkyl or cyclic N) is 1. The minimum Gasteiger partial charge on any atom is -0.395 e. The van der Waals surface area contributed by atoms with E-state index in [1.807, 2.05) is 11.0 Å². The number of hydrogen-bond donors (Lipinski definition) is 1. The van der Waals surface area contributed by atoms with Crippen LogP contribution in [0, 0.1) is 5.41 Å². The lowest BCUT2D eigenvalue weighted by molar-refractivity contribution is -0.146. The van der Waals surface area contributed by atoms with Crippen molar-refractivity contribution in [2.75, 3.05) is 32.8 Å². The summed E-state index contributed by atoms with van der Waals surface area (Å²) in [4.78, 5) is 17.1.